The predicted molar refractivity (Wildman–Crippen MR) is 119 cm³/mol. The summed E-state index contributed by atoms with van der Waals surface area (Å²) in [4.78, 5) is 15.1. The summed E-state index contributed by atoms with van der Waals surface area (Å²) in [6.45, 7) is 4.49. The highest BCUT2D eigenvalue weighted by atomic mass is 32.2. The maximum absolute atomic E-state index is 13.3. The quantitative estimate of drug-likeness (QED) is 0.599. The number of hydrogen-bond donors (Lipinski definition) is 3. The van der Waals surface area contributed by atoms with Crippen molar-refractivity contribution in [3.05, 3.63) is 54.1 Å². The van der Waals surface area contributed by atoms with Gasteiger partial charge in [0.05, 0.1) is 28.8 Å². The minimum Gasteiger partial charge on any atom is -0.486 e. The number of likely N-dealkylation sites (N-methyl/N-ethyl adjacent to an activating group) is 1. The van der Waals surface area contributed by atoms with Crippen LogP contribution in [0.15, 0.2) is 53.4 Å². The lowest BCUT2D eigenvalue weighted by Gasteiger charge is -2.37. The Labute approximate surface area is 183 Å². The number of sulfonamides is 1. The Hall–Kier alpha value is -2.62. The number of ether oxygens (including phenoxy) is 1. The average Bonchev–Trinajstić information content (AvgIpc) is 2.76. The van der Waals surface area contributed by atoms with Crippen LogP contribution in [-0.4, -0.2) is 63.2 Å². The third-order valence-corrected chi connectivity index (χ3v) is 6.78. The van der Waals surface area contributed by atoms with E-state index >= 15 is 0 Å². The van der Waals surface area contributed by atoms with Gasteiger partial charge in [-0.2, -0.15) is 0 Å². The molecule has 9 heteroatoms. The second-order valence-corrected chi connectivity index (χ2v) is 9.46. The number of amides is 1. The van der Waals surface area contributed by atoms with E-state index in [4.69, 9.17) is 4.74 Å². The van der Waals surface area contributed by atoms with Crippen molar-refractivity contribution in [3.8, 4) is 5.75 Å². The third kappa shape index (κ3) is 5.00. The number of rotatable bonds is 7. The van der Waals surface area contributed by atoms with Crippen LogP contribution in [0.25, 0.3) is 0 Å². The molecule has 1 aliphatic heterocycles. The Morgan fingerprint density at radius 2 is 1.90 bits per heavy atom. The first kappa shape index (κ1) is 23.1. The minimum absolute atomic E-state index is 0.0580. The molecule has 0 aliphatic carbocycles. The van der Waals surface area contributed by atoms with Crippen molar-refractivity contribution in [2.24, 2.45) is 5.92 Å². The van der Waals surface area contributed by atoms with Gasteiger partial charge in [0.15, 0.2) is 5.75 Å². The van der Waals surface area contributed by atoms with E-state index in [2.05, 4.69) is 10.0 Å². The van der Waals surface area contributed by atoms with Gasteiger partial charge in [-0.15, -0.1) is 0 Å². The van der Waals surface area contributed by atoms with Gasteiger partial charge in [0, 0.05) is 19.0 Å². The van der Waals surface area contributed by atoms with Gasteiger partial charge < -0.3 is 20.1 Å². The Kier molecular flexibility index (Phi) is 7.19. The molecule has 0 radical (unpaired) electrons. The van der Waals surface area contributed by atoms with E-state index in [1.807, 2.05) is 6.92 Å². The Bertz CT molecular complexity index is 1010. The molecule has 168 valence electrons. The maximum Gasteiger partial charge on any atom is 0.262 e. The summed E-state index contributed by atoms with van der Waals surface area (Å²) in [5, 5.41) is 12.8. The van der Waals surface area contributed by atoms with E-state index in [0.717, 1.165) is 0 Å². The fourth-order valence-electron chi connectivity index (χ4n) is 3.57. The van der Waals surface area contributed by atoms with E-state index in [-0.39, 0.29) is 52.5 Å². The number of fused-ring (bicyclic) bond motifs is 1. The molecular weight excluding hydrogens is 418 g/mol. The fraction of sp³-hybridized carbons (Fsp3) is 0.409. The molecule has 0 spiro atoms. The number of nitrogens with zero attached hydrogens (tertiary/aromatic N) is 1. The summed E-state index contributed by atoms with van der Waals surface area (Å²) in [6, 6.07) is 12.4. The molecule has 1 amide bonds. The van der Waals surface area contributed by atoms with Crippen LogP contribution >= 0.6 is 0 Å². The molecule has 0 fully saturated rings. The molecule has 3 rings (SSSR count). The smallest absolute Gasteiger partial charge is 0.262 e. The normalized spacial score (nSPS) is 20.3. The molecule has 3 N–H and O–H groups in total. The lowest BCUT2D eigenvalue weighted by Crippen LogP contribution is -2.49. The number of carbonyl (C=O) groups excluding carboxylic acids is 1. The standard InChI is InChI=1S/C22H29N3O5S/c1-15-13-25(16(2)14-26)22(27)18-10-7-11-19(21(18)30-20(15)12-23-3)24-31(28,29)17-8-5-4-6-9-17/h4-11,15-16,20,23-24,26H,12-14H2,1-3H3/t15-,16+,20-/m1/s1. The van der Waals surface area contributed by atoms with Crippen LogP contribution in [0.2, 0.25) is 0 Å². The molecular formula is C22H29N3O5S. The number of nitrogens with one attached hydrogen (secondary N) is 2. The first-order valence-corrected chi connectivity index (χ1v) is 11.7. The zero-order chi connectivity index (χ0) is 22.6. The molecule has 2 aromatic carbocycles. The van der Waals surface area contributed by atoms with Crippen molar-refractivity contribution in [2.45, 2.75) is 30.9 Å². The molecule has 8 nitrogen and oxygen atoms in total. The van der Waals surface area contributed by atoms with E-state index in [9.17, 15) is 18.3 Å². The van der Waals surface area contributed by atoms with Crippen molar-refractivity contribution in [3.63, 3.8) is 0 Å². The van der Waals surface area contributed by atoms with E-state index in [1.165, 1.54) is 12.1 Å². The van der Waals surface area contributed by atoms with Gasteiger partial charge in [-0.25, -0.2) is 8.42 Å². The maximum atomic E-state index is 13.3. The second-order valence-electron chi connectivity index (χ2n) is 7.78. The number of carbonyl (C=O) groups is 1. The topological polar surface area (TPSA) is 108 Å². The van der Waals surface area contributed by atoms with Gasteiger partial charge in [-0.1, -0.05) is 31.2 Å². The Balaban J connectivity index is 2.09. The number of para-hydroxylation sites is 1. The summed E-state index contributed by atoms with van der Waals surface area (Å²) < 4.78 is 34.6. The van der Waals surface area contributed by atoms with Crippen molar-refractivity contribution in [2.75, 3.05) is 31.5 Å². The SMILES string of the molecule is CNC[C@H]1Oc2c(NS(=O)(=O)c3ccccc3)cccc2C(=O)N([C@@H](C)CO)C[C@H]1C. The van der Waals surface area contributed by atoms with Crippen LogP contribution in [0.3, 0.4) is 0 Å². The monoisotopic (exact) mass is 447 g/mol. The molecule has 1 aliphatic rings. The summed E-state index contributed by atoms with van der Waals surface area (Å²) >= 11 is 0. The number of anilines is 1. The fourth-order valence-corrected chi connectivity index (χ4v) is 4.66. The van der Waals surface area contributed by atoms with E-state index in [1.54, 1.807) is 55.3 Å². The molecule has 0 saturated heterocycles. The average molecular weight is 448 g/mol. The number of hydrogen-bond acceptors (Lipinski definition) is 6. The van der Waals surface area contributed by atoms with Crippen LogP contribution in [-0.2, 0) is 10.0 Å². The summed E-state index contributed by atoms with van der Waals surface area (Å²) in [6.07, 6.45) is -0.312. The van der Waals surface area contributed by atoms with Gasteiger partial charge >= 0.3 is 0 Å². The first-order chi connectivity index (χ1) is 14.8. The molecule has 0 bridgehead atoms. The summed E-state index contributed by atoms with van der Waals surface area (Å²) in [7, 11) is -2.07. The largest absolute Gasteiger partial charge is 0.486 e. The highest BCUT2D eigenvalue weighted by Gasteiger charge is 2.34. The zero-order valence-electron chi connectivity index (χ0n) is 17.9. The van der Waals surface area contributed by atoms with Gasteiger partial charge in [0.25, 0.3) is 15.9 Å². The van der Waals surface area contributed by atoms with Gasteiger partial charge in [0.2, 0.25) is 0 Å². The first-order valence-electron chi connectivity index (χ1n) is 10.2. The lowest BCUT2D eigenvalue weighted by atomic mass is 9.99. The Morgan fingerprint density at radius 3 is 2.55 bits per heavy atom. The number of benzene rings is 2. The third-order valence-electron chi connectivity index (χ3n) is 5.39. The second kappa shape index (κ2) is 9.67. The van der Waals surface area contributed by atoms with Crippen molar-refractivity contribution < 1.29 is 23.1 Å². The zero-order valence-corrected chi connectivity index (χ0v) is 18.7. The highest BCUT2D eigenvalue weighted by Crippen LogP contribution is 2.35. The minimum atomic E-state index is -3.87. The lowest BCUT2D eigenvalue weighted by molar-refractivity contribution is 0.0417. The van der Waals surface area contributed by atoms with Gasteiger partial charge in [0.1, 0.15) is 6.10 Å². The van der Waals surface area contributed by atoms with Crippen molar-refractivity contribution in [1.29, 1.82) is 0 Å². The van der Waals surface area contributed by atoms with Crippen LogP contribution in [0, 0.1) is 5.92 Å². The number of aliphatic hydroxyl groups is 1. The highest BCUT2D eigenvalue weighted by molar-refractivity contribution is 7.92. The predicted octanol–water partition coefficient (Wildman–Crippen LogP) is 1.93. The van der Waals surface area contributed by atoms with Crippen molar-refractivity contribution in [1.82, 2.24) is 10.2 Å². The van der Waals surface area contributed by atoms with Crippen LogP contribution < -0.4 is 14.8 Å². The van der Waals surface area contributed by atoms with Gasteiger partial charge in [-0.3, -0.25) is 9.52 Å². The molecule has 0 saturated carbocycles. The molecule has 0 unspecified atom stereocenters. The van der Waals surface area contributed by atoms with Crippen LogP contribution in [0.1, 0.15) is 24.2 Å². The van der Waals surface area contributed by atoms with Crippen molar-refractivity contribution >= 4 is 21.6 Å². The molecule has 31 heavy (non-hydrogen) atoms. The summed E-state index contributed by atoms with van der Waals surface area (Å²) in [5.41, 5.74) is 0.447. The molecule has 2 aromatic rings. The number of aliphatic hydroxyl groups excluding tert-OH is 1. The van der Waals surface area contributed by atoms with E-state index in [0.29, 0.717) is 13.1 Å². The Morgan fingerprint density at radius 1 is 1.19 bits per heavy atom. The van der Waals surface area contributed by atoms with Crippen LogP contribution in [0.5, 0.6) is 5.75 Å². The van der Waals surface area contributed by atoms with E-state index < -0.39 is 10.0 Å². The summed E-state index contributed by atoms with van der Waals surface area (Å²) in [5.74, 6) is -0.182. The van der Waals surface area contributed by atoms with Crippen LogP contribution in [0.4, 0.5) is 5.69 Å². The molecule has 3 atom stereocenters. The van der Waals surface area contributed by atoms with Gasteiger partial charge in [-0.05, 0) is 38.2 Å². The molecule has 0 aromatic heterocycles. The molecule has 1 heterocycles.